The molecule has 0 radical (unpaired) electrons. The van der Waals surface area contributed by atoms with Crippen LogP contribution in [0.3, 0.4) is 0 Å². The van der Waals surface area contributed by atoms with Crippen LogP contribution >= 0.6 is 55.1 Å². The van der Waals surface area contributed by atoms with Crippen LogP contribution in [-0.2, 0) is 31.1 Å². The third kappa shape index (κ3) is 9.06. The quantitative estimate of drug-likeness (QED) is 0.153. The summed E-state index contributed by atoms with van der Waals surface area (Å²) in [5.41, 5.74) is 5.64. The minimum atomic E-state index is -0.754. The normalized spacial score (nSPS) is 18.6. The molecule has 2 fully saturated rings. The van der Waals surface area contributed by atoms with Crippen molar-refractivity contribution in [3.05, 3.63) is 114 Å². The summed E-state index contributed by atoms with van der Waals surface area (Å²) in [7, 11) is 0. The summed E-state index contributed by atoms with van der Waals surface area (Å²) < 4.78 is 14.2. The largest absolute Gasteiger partial charge is 0.488 e. The first-order chi connectivity index (χ1) is 24.2. The summed E-state index contributed by atoms with van der Waals surface area (Å²) in [5, 5.41) is 10.8. The number of carboxylic acids is 1. The Hall–Kier alpha value is -2.59. The van der Waals surface area contributed by atoms with E-state index in [0.717, 1.165) is 75.0 Å². The van der Waals surface area contributed by atoms with Gasteiger partial charge in [0.2, 0.25) is 0 Å². The van der Waals surface area contributed by atoms with Crippen molar-refractivity contribution in [2.24, 2.45) is 0 Å². The van der Waals surface area contributed by atoms with E-state index in [1.54, 1.807) is 0 Å². The van der Waals surface area contributed by atoms with E-state index < -0.39 is 12.0 Å². The Morgan fingerprint density at radius 2 is 1.24 bits per heavy atom. The second-order valence-corrected chi connectivity index (χ2v) is 15.8. The number of halogens is 4. The van der Waals surface area contributed by atoms with E-state index in [0.29, 0.717) is 41.4 Å². The van der Waals surface area contributed by atoms with Gasteiger partial charge in [-0.25, -0.2) is 0 Å². The third-order valence-corrected chi connectivity index (χ3v) is 11.9. The first-order valence-electron chi connectivity index (χ1n) is 17.3. The fourth-order valence-electron chi connectivity index (χ4n) is 6.95. The predicted octanol–water partition coefficient (Wildman–Crippen LogP) is 11.2. The molecule has 2 atom stereocenters. The van der Waals surface area contributed by atoms with Crippen LogP contribution in [0, 0.1) is 0 Å². The van der Waals surface area contributed by atoms with E-state index in [1.807, 2.05) is 65.6 Å². The molecule has 6 rings (SSSR count). The second-order valence-electron chi connectivity index (χ2n) is 13.3. The highest BCUT2D eigenvalue weighted by Crippen LogP contribution is 2.38. The number of rotatable bonds is 12. The van der Waals surface area contributed by atoms with E-state index >= 15 is 0 Å². The van der Waals surface area contributed by atoms with Crippen LogP contribution in [0.15, 0.2) is 81.7 Å². The molecule has 0 bridgehead atoms. The standard InChI is InChI=1S/C40H42Br2Cl2N2O4/c1-26-8-2-4-18-45(26)22-27-14-16-36(33(41)20-27)49-24-29-9-6-11-31(38(29)43)32-12-7-10-30(39(32)44)25-50-37-17-15-28(21-34(37)42)23-46-19-5-3-13-35(46)40(47)48/h6-7,9-12,14-17,20-21,26,35H,2-5,8,13,18-19,22-25H2,1H3,(H,47,48)/t26-,35+/m1/s1. The number of hydrogen-bond donors (Lipinski definition) is 1. The molecule has 4 aromatic carbocycles. The van der Waals surface area contributed by atoms with Gasteiger partial charge in [-0.15, -0.1) is 0 Å². The lowest BCUT2D eigenvalue weighted by molar-refractivity contribution is -0.144. The van der Waals surface area contributed by atoms with Crippen molar-refractivity contribution >= 4 is 61.0 Å². The van der Waals surface area contributed by atoms with E-state index in [1.165, 1.54) is 24.8 Å². The van der Waals surface area contributed by atoms with E-state index in [2.05, 4.69) is 55.8 Å². The second kappa shape index (κ2) is 17.3. The van der Waals surface area contributed by atoms with Crippen molar-refractivity contribution < 1.29 is 19.4 Å². The number of carbonyl (C=O) groups is 1. The first kappa shape index (κ1) is 37.2. The maximum absolute atomic E-state index is 11.7. The summed E-state index contributed by atoms with van der Waals surface area (Å²) in [4.78, 5) is 16.3. The highest BCUT2D eigenvalue weighted by molar-refractivity contribution is 9.10. The molecule has 2 saturated heterocycles. The molecule has 2 heterocycles. The number of benzene rings is 4. The molecule has 2 aliphatic heterocycles. The van der Waals surface area contributed by atoms with Crippen molar-refractivity contribution in [1.82, 2.24) is 9.80 Å². The Morgan fingerprint density at radius 1 is 0.740 bits per heavy atom. The van der Waals surface area contributed by atoms with Crippen molar-refractivity contribution in [2.75, 3.05) is 13.1 Å². The van der Waals surface area contributed by atoms with Crippen molar-refractivity contribution in [3.8, 4) is 22.6 Å². The summed E-state index contributed by atoms with van der Waals surface area (Å²) in [6, 6.07) is 24.2. The molecule has 4 aromatic rings. The van der Waals surface area contributed by atoms with Crippen molar-refractivity contribution in [1.29, 1.82) is 0 Å². The van der Waals surface area contributed by atoms with Gasteiger partial charge in [0.25, 0.3) is 0 Å². The highest BCUT2D eigenvalue weighted by Gasteiger charge is 2.28. The van der Waals surface area contributed by atoms with Gasteiger partial charge < -0.3 is 14.6 Å². The average Bonchev–Trinajstić information content (AvgIpc) is 3.10. The molecular formula is C40H42Br2Cl2N2O4. The van der Waals surface area contributed by atoms with Crippen LogP contribution in [0.5, 0.6) is 11.5 Å². The smallest absolute Gasteiger partial charge is 0.320 e. The van der Waals surface area contributed by atoms with Crippen LogP contribution in [-0.4, -0.2) is 46.0 Å². The minimum absolute atomic E-state index is 0.263. The number of nitrogens with zero attached hydrogens (tertiary/aromatic N) is 2. The molecular weight excluding hydrogens is 803 g/mol. The molecule has 2 aliphatic rings. The van der Waals surface area contributed by atoms with Crippen LogP contribution in [0.2, 0.25) is 10.0 Å². The number of likely N-dealkylation sites (tertiary alicyclic amines) is 2. The number of aliphatic carboxylic acids is 1. The van der Waals surface area contributed by atoms with Gasteiger partial charge in [-0.3, -0.25) is 14.6 Å². The van der Waals surface area contributed by atoms with Gasteiger partial charge in [0.1, 0.15) is 30.8 Å². The van der Waals surface area contributed by atoms with Gasteiger partial charge in [-0.05, 0) is 113 Å². The molecule has 0 saturated carbocycles. The third-order valence-electron chi connectivity index (χ3n) is 9.82. The maximum atomic E-state index is 11.7. The molecule has 1 N–H and O–H groups in total. The summed E-state index contributed by atoms with van der Waals surface area (Å²) in [5.74, 6) is 0.700. The molecule has 264 valence electrons. The minimum Gasteiger partial charge on any atom is -0.488 e. The molecule has 6 nitrogen and oxygen atoms in total. The molecule has 50 heavy (non-hydrogen) atoms. The van der Waals surface area contributed by atoms with Crippen LogP contribution in [0.4, 0.5) is 0 Å². The Bertz CT molecular complexity index is 1820. The fourth-order valence-corrected chi connectivity index (χ4v) is 8.60. The van der Waals surface area contributed by atoms with Gasteiger partial charge in [0.05, 0.1) is 19.0 Å². The van der Waals surface area contributed by atoms with Crippen molar-refractivity contribution in [3.63, 3.8) is 0 Å². The molecule has 10 heteroatoms. The number of hydrogen-bond acceptors (Lipinski definition) is 5. The SMILES string of the molecule is C[C@@H]1CCCCN1Cc1ccc(OCc2cccc(-c3cccc(COc4ccc(CN5CCCC[C@H]5C(=O)O)cc4Br)c3Cl)c2Cl)c(Br)c1. The zero-order valence-electron chi connectivity index (χ0n) is 28.1. The Kier molecular flexibility index (Phi) is 12.9. The van der Waals surface area contributed by atoms with Crippen LogP contribution in [0.25, 0.3) is 11.1 Å². The lowest BCUT2D eigenvalue weighted by atomic mass is 10.0. The van der Waals surface area contributed by atoms with Gasteiger partial charge >= 0.3 is 5.97 Å². The predicted molar refractivity (Wildman–Crippen MR) is 208 cm³/mol. The van der Waals surface area contributed by atoms with Gasteiger partial charge in [0.15, 0.2) is 0 Å². The summed E-state index contributed by atoms with van der Waals surface area (Å²) in [6.07, 6.45) is 6.49. The number of piperidine rings is 2. The van der Waals surface area contributed by atoms with E-state index in [9.17, 15) is 9.90 Å². The highest BCUT2D eigenvalue weighted by atomic mass is 79.9. The summed E-state index contributed by atoms with van der Waals surface area (Å²) in [6.45, 7) is 6.35. The number of carboxylic acid groups (broad SMARTS) is 1. The average molecular weight is 846 g/mol. The van der Waals surface area contributed by atoms with Gasteiger partial charge in [0, 0.05) is 41.4 Å². The topological polar surface area (TPSA) is 62.2 Å². The van der Waals surface area contributed by atoms with Gasteiger partial charge in [-0.2, -0.15) is 0 Å². The maximum Gasteiger partial charge on any atom is 0.320 e. The van der Waals surface area contributed by atoms with Crippen molar-refractivity contribution in [2.45, 2.75) is 83.8 Å². The summed E-state index contributed by atoms with van der Waals surface area (Å²) >= 11 is 21.4. The zero-order chi connectivity index (χ0) is 35.2. The Morgan fingerprint density at radius 3 is 1.74 bits per heavy atom. The number of ether oxygens (including phenoxy) is 2. The van der Waals surface area contributed by atoms with Crippen LogP contribution in [0.1, 0.15) is 67.7 Å². The Balaban J connectivity index is 1.10. The lowest BCUT2D eigenvalue weighted by Gasteiger charge is -2.33. The Labute approximate surface area is 321 Å². The van der Waals surface area contributed by atoms with E-state index in [-0.39, 0.29) is 6.61 Å². The molecule has 0 spiro atoms. The fraction of sp³-hybridized carbons (Fsp3) is 0.375. The zero-order valence-corrected chi connectivity index (χ0v) is 32.8. The van der Waals surface area contributed by atoms with Crippen LogP contribution < -0.4 is 9.47 Å². The first-order valence-corrected chi connectivity index (χ1v) is 19.6. The monoisotopic (exact) mass is 842 g/mol. The molecule has 0 unspecified atom stereocenters. The van der Waals surface area contributed by atoms with E-state index in [4.69, 9.17) is 32.7 Å². The molecule has 0 aliphatic carbocycles. The molecule has 0 aromatic heterocycles. The molecule has 0 amide bonds. The lowest BCUT2D eigenvalue weighted by Crippen LogP contribution is -2.43. The van der Waals surface area contributed by atoms with Gasteiger partial charge in [-0.1, -0.05) is 84.6 Å².